The molecule has 0 aliphatic rings. The molecular formula is C8H7ClF3N3O. The van der Waals surface area contributed by atoms with E-state index < -0.39 is 24.9 Å². The Bertz CT molecular complexity index is 383. The second kappa shape index (κ2) is 5.11. The molecule has 1 aromatic rings. The van der Waals surface area contributed by atoms with E-state index in [0.29, 0.717) is 0 Å². The van der Waals surface area contributed by atoms with E-state index >= 15 is 0 Å². The fraction of sp³-hybridized carbons (Fsp3) is 0.375. The van der Waals surface area contributed by atoms with Crippen LogP contribution in [0.1, 0.15) is 12.8 Å². The van der Waals surface area contributed by atoms with Crippen LogP contribution in [0.25, 0.3) is 0 Å². The standard InChI is InChI=1S/C8H7ClF3N3O/c9-5-3-13-4-6(14-5)15-7(16)1-2-8(10,11)12/h3-4H,1-2H2,(H,14,15,16). The van der Waals surface area contributed by atoms with Crippen LogP contribution in [0.5, 0.6) is 0 Å². The van der Waals surface area contributed by atoms with E-state index in [0.717, 1.165) is 0 Å². The first kappa shape index (κ1) is 12.7. The van der Waals surface area contributed by atoms with Crippen molar-refractivity contribution in [2.45, 2.75) is 19.0 Å². The van der Waals surface area contributed by atoms with Crippen molar-refractivity contribution in [3.05, 3.63) is 17.5 Å². The minimum absolute atomic E-state index is 0.0275. The lowest BCUT2D eigenvalue weighted by molar-refractivity contribution is -0.142. The summed E-state index contributed by atoms with van der Waals surface area (Å²) in [6.07, 6.45) is -3.74. The van der Waals surface area contributed by atoms with Gasteiger partial charge in [-0.1, -0.05) is 11.6 Å². The molecule has 1 rings (SSSR count). The number of carbonyl (C=O) groups excluding carboxylic acids is 1. The van der Waals surface area contributed by atoms with Crippen LogP contribution >= 0.6 is 11.6 Å². The number of carbonyl (C=O) groups is 1. The monoisotopic (exact) mass is 253 g/mol. The van der Waals surface area contributed by atoms with Gasteiger partial charge < -0.3 is 5.32 Å². The van der Waals surface area contributed by atoms with E-state index in [1.165, 1.54) is 12.4 Å². The average molecular weight is 254 g/mol. The van der Waals surface area contributed by atoms with E-state index in [9.17, 15) is 18.0 Å². The van der Waals surface area contributed by atoms with Gasteiger partial charge >= 0.3 is 6.18 Å². The summed E-state index contributed by atoms with van der Waals surface area (Å²) in [4.78, 5) is 18.3. The van der Waals surface area contributed by atoms with Crippen molar-refractivity contribution in [2.24, 2.45) is 0 Å². The first-order chi connectivity index (χ1) is 7.37. The molecule has 0 aliphatic carbocycles. The predicted molar refractivity (Wildman–Crippen MR) is 51.0 cm³/mol. The van der Waals surface area contributed by atoms with Gasteiger partial charge in [-0.25, -0.2) is 4.98 Å². The van der Waals surface area contributed by atoms with Gasteiger partial charge in [-0.05, 0) is 0 Å². The lowest BCUT2D eigenvalue weighted by Crippen LogP contribution is -2.17. The van der Waals surface area contributed by atoms with Crippen molar-refractivity contribution in [2.75, 3.05) is 5.32 Å². The summed E-state index contributed by atoms with van der Waals surface area (Å²) in [6, 6.07) is 0. The van der Waals surface area contributed by atoms with Crippen LogP contribution in [-0.4, -0.2) is 22.1 Å². The Kier molecular flexibility index (Phi) is 4.05. The Balaban J connectivity index is 2.46. The van der Waals surface area contributed by atoms with Gasteiger partial charge in [-0.2, -0.15) is 13.2 Å². The Hall–Kier alpha value is -1.37. The zero-order valence-corrected chi connectivity index (χ0v) is 8.64. The van der Waals surface area contributed by atoms with Crippen molar-refractivity contribution in [1.29, 1.82) is 0 Å². The normalized spacial score (nSPS) is 11.2. The van der Waals surface area contributed by atoms with Gasteiger partial charge in [0, 0.05) is 6.42 Å². The zero-order chi connectivity index (χ0) is 12.2. The summed E-state index contributed by atoms with van der Waals surface area (Å²) >= 11 is 5.47. The van der Waals surface area contributed by atoms with Crippen LogP contribution in [0.2, 0.25) is 5.15 Å². The number of hydrogen-bond donors (Lipinski definition) is 1. The molecule has 0 aliphatic heterocycles. The molecule has 1 N–H and O–H groups in total. The molecule has 0 spiro atoms. The number of anilines is 1. The third kappa shape index (κ3) is 4.92. The van der Waals surface area contributed by atoms with Gasteiger partial charge in [-0.15, -0.1) is 0 Å². The molecular weight excluding hydrogens is 247 g/mol. The lowest BCUT2D eigenvalue weighted by Gasteiger charge is -2.06. The second-order valence-electron chi connectivity index (χ2n) is 2.89. The summed E-state index contributed by atoms with van der Waals surface area (Å²) < 4.78 is 35.4. The highest BCUT2D eigenvalue weighted by Crippen LogP contribution is 2.21. The zero-order valence-electron chi connectivity index (χ0n) is 7.88. The Labute approximate surface area is 93.8 Å². The predicted octanol–water partition coefficient (Wildman–Crippen LogP) is 2.41. The van der Waals surface area contributed by atoms with E-state index in [4.69, 9.17) is 11.6 Å². The maximum atomic E-state index is 11.8. The number of alkyl halides is 3. The molecule has 0 saturated carbocycles. The topological polar surface area (TPSA) is 54.9 Å². The van der Waals surface area contributed by atoms with Gasteiger partial charge in [-0.3, -0.25) is 9.78 Å². The molecule has 0 unspecified atom stereocenters. The van der Waals surface area contributed by atoms with Gasteiger partial charge in [0.2, 0.25) is 5.91 Å². The highest BCUT2D eigenvalue weighted by molar-refractivity contribution is 6.29. The molecule has 8 heteroatoms. The minimum atomic E-state index is -4.35. The number of nitrogens with zero attached hydrogens (tertiary/aromatic N) is 2. The first-order valence-corrected chi connectivity index (χ1v) is 4.59. The Morgan fingerprint density at radius 3 is 2.69 bits per heavy atom. The van der Waals surface area contributed by atoms with Crippen LogP contribution in [0.3, 0.4) is 0 Å². The molecule has 1 aromatic heterocycles. The number of amides is 1. The van der Waals surface area contributed by atoms with Crippen molar-refractivity contribution < 1.29 is 18.0 Å². The van der Waals surface area contributed by atoms with Gasteiger partial charge in [0.05, 0.1) is 18.8 Å². The van der Waals surface area contributed by atoms with Crippen molar-refractivity contribution in [3.8, 4) is 0 Å². The molecule has 16 heavy (non-hydrogen) atoms. The third-order valence-electron chi connectivity index (χ3n) is 1.51. The average Bonchev–Trinajstić information content (AvgIpc) is 2.14. The van der Waals surface area contributed by atoms with E-state index in [1.54, 1.807) is 0 Å². The number of halogens is 4. The lowest BCUT2D eigenvalue weighted by atomic mass is 10.3. The molecule has 0 saturated heterocycles. The smallest absolute Gasteiger partial charge is 0.309 e. The van der Waals surface area contributed by atoms with E-state index in [2.05, 4.69) is 15.3 Å². The molecule has 1 heterocycles. The van der Waals surface area contributed by atoms with Crippen molar-refractivity contribution in [1.82, 2.24) is 9.97 Å². The van der Waals surface area contributed by atoms with Crippen LogP contribution in [-0.2, 0) is 4.79 Å². The van der Waals surface area contributed by atoms with E-state index in [-0.39, 0.29) is 11.0 Å². The molecule has 0 radical (unpaired) electrons. The van der Waals surface area contributed by atoms with Gasteiger partial charge in [0.15, 0.2) is 5.82 Å². The number of rotatable bonds is 3. The maximum absolute atomic E-state index is 11.8. The largest absolute Gasteiger partial charge is 0.389 e. The molecule has 0 bridgehead atoms. The SMILES string of the molecule is O=C(CCC(F)(F)F)Nc1cncc(Cl)n1. The van der Waals surface area contributed by atoms with Crippen molar-refractivity contribution >= 4 is 23.3 Å². The highest BCUT2D eigenvalue weighted by Gasteiger charge is 2.27. The van der Waals surface area contributed by atoms with E-state index in [1.807, 2.05) is 0 Å². The quantitative estimate of drug-likeness (QED) is 0.900. The summed E-state index contributed by atoms with van der Waals surface area (Å²) in [5, 5.41) is 2.21. The number of nitrogens with one attached hydrogen (secondary N) is 1. The first-order valence-electron chi connectivity index (χ1n) is 4.21. The van der Waals surface area contributed by atoms with Crippen LogP contribution in [0.4, 0.5) is 19.0 Å². The molecule has 0 fully saturated rings. The summed E-state index contributed by atoms with van der Waals surface area (Å²) in [5.41, 5.74) is 0. The Morgan fingerprint density at radius 2 is 2.12 bits per heavy atom. The van der Waals surface area contributed by atoms with Crippen LogP contribution < -0.4 is 5.32 Å². The molecule has 1 amide bonds. The second-order valence-corrected chi connectivity index (χ2v) is 3.28. The fourth-order valence-corrected chi connectivity index (χ4v) is 1.01. The summed E-state index contributed by atoms with van der Waals surface area (Å²) in [5.74, 6) is -0.756. The number of hydrogen-bond acceptors (Lipinski definition) is 3. The Morgan fingerprint density at radius 1 is 1.44 bits per heavy atom. The minimum Gasteiger partial charge on any atom is -0.309 e. The summed E-state index contributed by atoms with van der Waals surface area (Å²) in [7, 11) is 0. The molecule has 4 nitrogen and oxygen atoms in total. The number of aromatic nitrogens is 2. The summed E-state index contributed by atoms with van der Waals surface area (Å²) in [6.45, 7) is 0. The molecule has 88 valence electrons. The van der Waals surface area contributed by atoms with Gasteiger partial charge in [0.25, 0.3) is 0 Å². The highest BCUT2D eigenvalue weighted by atomic mass is 35.5. The molecule has 0 atom stereocenters. The fourth-order valence-electron chi connectivity index (χ4n) is 0.863. The van der Waals surface area contributed by atoms with Crippen molar-refractivity contribution in [3.63, 3.8) is 0 Å². The molecule has 0 aromatic carbocycles. The third-order valence-corrected chi connectivity index (χ3v) is 1.69. The van der Waals surface area contributed by atoms with Crippen LogP contribution in [0, 0.1) is 0 Å². The van der Waals surface area contributed by atoms with Gasteiger partial charge in [0.1, 0.15) is 5.15 Å². The maximum Gasteiger partial charge on any atom is 0.389 e. The van der Waals surface area contributed by atoms with Crippen LogP contribution in [0.15, 0.2) is 12.4 Å².